The summed E-state index contributed by atoms with van der Waals surface area (Å²) in [6, 6.07) is 5.94. The largest absolute Gasteiger partial charge is 0.394 e. The Bertz CT molecular complexity index is 555. The molecule has 2 aliphatic rings. The predicted octanol–water partition coefficient (Wildman–Crippen LogP) is 0.823. The van der Waals surface area contributed by atoms with Gasteiger partial charge in [0.15, 0.2) is 0 Å². The van der Waals surface area contributed by atoms with Crippen LogP contribution in [0.1, 0.15) is 21.5 Å². The second-order valence-corrected chi connectivity index (χ2v) is 6.53. The number of aliphatic hydroxyl groups excluding tert-OH is 1. The van der Waals surface area contributed by atoms with E-state index in [1.54, 1.807) is 0 Å². The molecular formula is C17H24N2O3. The number of aliphatic hydroxyl groups is 1. The molecule has 1 atom stereocenters. The van der Waals surface area contributed by atoms with Crippen LogP contribution in [0.2, 0.25) is 0 Å². The fourth-order valence-corrected chi connectivity index (χ4v) is 3.59. The zero-order chi connectivity index (χ0) is 15.7. The number of nitrogens with zero attached hydrogens (tertiary/aromatic N) is 2. The van der Waals surface area contributed by atoms with Gasteiger partial charge in [-0.05, 0) is 26.0 Å². The van der Waals surface area contributed by atoms with Crippen LogP contribution >= 0.6 is 0 Å². The maximum atomic E-state index is 12.8. The van der Waals surface area contributed by atoms with E-state index in [4.69, 9.17) is 4.74 Å². The molecule has 3 rings (SSSR count). The normalized spacial score (nSPS) is 25.9. The van der Waals surface area contributed by atoms with E-state index in [-0.39, 0.29) is 12.5 Å². The highest BCUT2D eigenvalue weighted by atomic mass is 16.5. The Hall–Kier alpha value is -1.43. The number of ether oxygens (including phenoxy) is 1. The minimum Gasteiger partial charge on any atom is -0.394 e. The van der Waals surface area contributed by atoms with Crippen molar-refractivity contribution in [2.45, 2.75) is 19.4 Å². The van der Waals surface area contributed by atoms with Crippen LogP contribution in [0.5, 0.6) is 0 Å². The molecule has 0 saturated carbocycles. The van der Waals surface area contributed by atoms with E-state index in [0.717, 1.165) is 29.8 Å². The van der Waals surface area contributed by atoms with Gasteiger partial charge in [0.2, 0.25) is 0 Å². The molecule has 1 aromatic carbocycles. The van der Waals surface area contributed by atoms with Crippen molar-refractivity contribution in [3.05, 3.63) is 34.9 Å². The van der Waals surface area contributed by atoms with E-state index in [1.165, 1.54) is 0 Å². The van der Waals surface area contributed by atoms with Crippen LogP contribution in [0.3, 0.4) is 0 Å². The third kappa shape index (κ3) is 2.76. The Kier molecular flexibility index (Phi) is 4.21. The molecule has 2 heterocycles. The summed E-state index contributed by atoms with van der Waals surface area (Å²) in [5.41, 5.74) is 2.49. The van der Waals surface area contributed by atoms with Crippen LogP contribution < -0.4 is 0 Å². The van der Waals surface area contributed by atoms with Gasteiger partial charge in [0.1, 0.15) is 0 Å². The first kappa shape index (κ1) is 15.5. The average Bonchev–Trinajstić information content (AvgIpc) is 2.52. The molecule has 2 aliphatic heterocycles. The van der Waals surface area contributed by atoms with Crippen LogP contribution in [0.25, 0.3) is 0 Å². The number of hydrogen-bond donors (Lipinski definition) is 1. The van der Waals surface area contributed by atoms with Gasteiger partial charge in [-0.3, -0.25) is 9.69 Å². The molecule has 1 unspecified atom stereocenters. The Balaban J connectivity index is 1.81. The van der Waals surface area contributed by atoms with Crippen molar-refractivity contribution in [3.63, 3.8) is 0 Å². The number of morpholine rings is 1. The number of carbonyl (C=O) groups excluding carboxylic acids is 1. The summed E-state index contributed by atoms with van der Waals surface area (Å²) >= 11 is 0. The van der Waals surface area contributed by atoms with Gasteiger partial charge in [-0.2, -0.15) is 0 Å². The topological polar surface area (TPSA) is 53.0 Å². The van der Waals surface area contributed by atoms with Gasteiger partial charge in [-0.25, -0.2) is 0 Å². The second-order valence-electron chi connectivity index (χ2n) is 6.53. The maximum Gasteiger partial charge on any atom is 0.253 e. The minimum absolute atomic E-state index is 0.0175. The standard InChI is InChI=1S/C17H24N2O3/c1-13-7-14(2)9-15(8-13)16(21)18-3-4-19-5-6-22-12-17(19,10-18)11-20/h7-9,20H,3-6,10-12H2,1-2H3. The van der Waals surface area contributed by atoms with E-state index < -0.39 is 5.54 Å². The van der Waals surface area contributed by atoms with Crippen molar-refractivity contribution in [1.29, 1.82) is 0 Å². The molecule has 1 amide bonds. The molecule has 5 nitrogen and oxygen atoms in total. The van der Waals surface area contributed by atoms with E-state index in [0.29, 0.717) is 26.3 Å². The summed E-state index contributed by atoms with van der Waals surface area (Å²) in [5.74, 6) is 0.0462. The summed E-state index contributed by atoms with van der Waals surface area (Å²) < 4.78 is 5.57. The molecule has 120 valence electrons. The Labute approximate surface area is 131 Å². The third-order valence-corrected chi connectivity index (χ3v) is 4.72. The molecule has 1 aromatic rings. The summed E-state index contributed by atoms with van der Waals surface area (Å²) in [6.07, 6.45) is 0. The zero-order valence-corrected chi connectivity index (χ0v) is 13.3. The number of aryl methyl sites for hydroxylation is 2. The van der Waals surface area contributed by atoms with Crippen molar-refractivity contribution in [2.75, 3.05) is 46.0 Å². The quantitative estimate of drug-likeness (QED) is 0.879. The second kappa shape index (κ2) is 5.99. The van der Waals surface area contributed by atoms with Crippen molar-refractivity contribution < 1.29 is 14.6 Å². The monoisotopic (exact) mass is 304 g/mol. The average molecular weight is 304 g/mol. The summed E-state index contributed by atoms with van der Waals surface area (Å²) in [5, 5.41) is 9.88. The highest BCUT2D eigenvalue weighted by Crippen LogP contribution is 2.26. The lowest BCUT2D eigenvalue weighted by atomic mass is 9.93. The van der Waals surface area contributed by atoms with Gasteiger partial charge in [0.25, 0.3) is 5.91 Å². The molecule has 1 N–H and O–H groups in total. The van der Waals surface area contributed by atoms with Crippen molar-refractivity contribution in [1.82, 2.24) is 9.80 Å². The Morgan fingerprint density at radius 1 is 1.23 bits per heavy atom. The fourth-order valence-electron chi connectivity index (χ4n) is 3.59. The lowest BCUT2D eigenvalue weighted by Crippen LogP contribution is -2.69. The molecule has 5 heteroatoms. The lowest BCUT2D eigenvalue weighted by molar-refractivity contribution is -0.119. The summed E-state index contributed by atoms with van der Waals surface area (Å²) in [4.78, 5) is 16.9. The molecule has 0 spiro atoms. The zero-order valence-electron chi connectivity index (χ0n) is 13.3. The van der Waals surface area contributed by atoms with Crippen molar-refractivity contribution in [3.8, 4) is 0 Å². The number of amides is 1. The lowest BCUT2D eigenvalue weighted by Gasteiger charge is -2.52. The molecule has 0 bridgehead atoms. The van der Waals surface area contributed by atoms with Crippen molar-refractivity contribution in [2.24, 2.45) is 0 Å². The molecule has 0 radical (unpaired) electrons. The molecule has 2 fully saturated rings. The first-order valence-corrected chi connectivity index (χ1v) is 7.85. The van der Waals surface area contributed by atoms with Crippen LogP contribution in [0.15, 0.2) is 18.2 Å². The molecule has 22 heavy (non-hydrogen) atoms. The number of benzene rings is 1. The molecule has 0 aromatic heterocycles. The predicted molar refractivity (Wildman–Crippen MR) is 84.0 cm³/mol. The van der Waals surface area contributed by atoms with Crippen LogP contribution in [-0.2, 0) is 4.74 Å². The summed E-state index contributed by atoms with van der Waals surface area (Å²) in [6.45, 7) is 8.06. The fraction of sp³-hybridized carbons (Fsp3) is 0.588. The van der Waals surface area contributed by atoms with Crippen LogP contribution in [0.4, 0.5) is 0 Å². The van der Waals surface area contributed by atoms with Crippen LogP contribution in [-0.4, -0.2) is 72.4 Å². The SMILES string of the molecule is Cc1cc(C)cc(C(=O)N2CCN3CCOCC3(CO)C2)c1. The van der Waals surface area contributed by atoms with Gasteiger partial charge >= 0.3 is 0 Å². The third-order valence-electron chi connectivity index (χ3n) is 4.72. The number of rotatable bonds is 2. The van der Waals surface area contributed by atoms with E-state index >= 15 is 0 Å². The number of fused-ring (bicyclic) bond motifs is 1. The Morgan fingerprint density at radius 2 is 1.95 bits per heavy atom. The molecular weight excluding hydrogens is 280 g/mol. The number of carbonyl (C=O) groups is 1. The van der Waals surface area contributed by atoms with E-state index in [2.05, 4.69) is 11.0 Å². The highest BCUT2D eigenvalue weighted by Gasteiger charge is 2.44. The van der Waals surface area contributed by atoms with E-state index in [1.807, 2.05) is 30.9 Å². The summed E-state index contributed by atoms with van der Waals surface area (Å²) in [7, 11) is 0. The van der Waals surface area contributed by atoms with Gasteiger partial charge < -0.3 is 14.7 Å². The minimum atomic E-state index is -0.439. The Morgan fingerprint density at radius 3 is 2.64 bits per heavy atom. The first-order chi connectivity index (χ1) is 10.5. The number of piperazine rings is 1. The van der Waals surface area contributed by atoms with Gasteiger partial charge in [0.05, 0.1) is 25.4 Å². The molecule has 2 saturated heterocycles. The van der Waals surface area contributed by atoms with Gasteiger partial charge in [0, 0.05) is 31.7 Å². The van der Waals surface area contributed by atoms with E-state index in [9.17, 15) is 9.90 Å². The smallest absolute Gasteiger partial charge is 0.253 e. The molecule has 0 aliphatic carbocycles. The number of hydrogen-bond acceptors (Lipinski definition) is 4. The maximum absolute atomic E-state index is 12.8. The highest BCUT2D eigenvalue weighted by molar-refractivity contribution is 5.94. The first-order valence-electron chi connectivity index (χ1n) is 7.85. The van der Waals surface area contributed by atoms with Crippen LogP contribution in [0, 0.1) is 13.8 Å². The van der Waals surface area contributed by atoms with Crippen molar-refractivity contribution >= 4 is 5.91 Å². The van der Waals surface area contributed by atoms with Gasteiger partial charge in [-0.1, -0.05) is 17.2 Å². The van der Waals surface area contributed by atoms with Gasteiger partial charge in [-0.15, -0.1) is 0 Å².